The molecule has 1 nitrogen and oxygen atoms in total. The molecule has 0 aliphatic heterocycles. The summed E-state index contributed by atoms with van der Waals surface area (Å²) in [7, 11) is 0. The van der Waals surface area contributed by atoms with Crippen LogP contribution in [0.3, 0.4) is 0 Å². The summed E-state index contributed by atoms with van der Waals surface area (Å²) in [6.45, 7) is 6.14. The van der Waals surface area contributed by atoms with Gasteiger partial charge in [-0.25, -0.2) is 0 Å². The zero-order chi connectivity index (χ0) is 8.27. The van der Waals surface area contributed by atoms with Crippen molar-refractivity contribution in [3.8, 4) is 0 Å². The number of rotatable bonds is 3. The van der Waals surface area contributed by atoms with Crippen LogP contribution in [0.4, 0.5) is 0 Å². The van der Waals surface area contributed by atoms with Gasteiger partial charge < -0.3 is 5.11 Å². The summed E-state index contributed by atoms with van der Waals surface area (Å²) < 4.78 is 0. The van der Waals surface area contributed by atoms with Crippen molar-refractivity contribution >= 4 is 16.9 Å². The summed E-state index contributed by atoms with van der Waals surface area (Å²) in [6.07, 6.45) is 0.681. The first-order valence-corrected chi connectivity index (χ1v) is 4.41. The van der Waals surface area contributed by atoms with Crippen molar-refractivity contribution in [2.45, 2.75) is 13.3 Å². The molecule has 0 amide bonds. The fourth-order valence-electron chi connectivity index (χ4n) is 0.883. The van der Waals surface area contributed by atoms with Gasteiger partial charge >= 0.3 is 0 Å². The van der Waals surface area contributed by atoms with E-state index in [1.165, 1.54) is 9.75 Å². The van der Waals surface area contributed by atoms with Gasteiger partial charge in [0.25, 0.3) is 0 Å². The highest BCUT2D eigenvalue weighted by molar-refractivity contribution is 7.13. The second-order valence-corrected chi connectivity index (χ2v) is 3.78. The minimum atomic E-state index is 0.190. The molecule has 1 rings (SSSR count). The molecule has 0 aromatic carbocycles. The molecule has 1 aromatic rings. The largest absolute Gasteiger partial charge is 0.396 e. The van der Waals surface area contributed by atoms with Crippen molar-refractivity contribution in [2.75, 3.05) is 6.61 Å². The van der Waals surface area contributed by atoms with Gasteiger partial charge in [0.1, 0.15) is 0 Å². The molecule has 0 atom stereocenters. The Bertz CT molecular complexity index is 250. The number of hydrogen-bond acceptors (Lipinski definition) is 2. The Morgan fingerprint density at radius 3 is 2.82 bits per heavy atom. The average molecular weight is 168 g/mol. The van der Waals surface area contributed by atoms with Crippen molar-refractivity contribution in [3.63, 3.8) is 0 Å². The lowest BCUT2D eigenvalue weighted by molar-refractivity contribution is 0.305. The van der Waals surface area contributed by atoms with Crippen LogP contribution in [0.5, 0.6) is 0 Å². The number of aryl methyl sites for hydroxylation is 1. The summed E-state index contributed by atoms with van der Waals surface area (Å²) >= 11 is 1.73. The van der Waals surface area contributed by atoms with Crippen LogP contribution < -0.4 is 0 Å². The van der Waals surface area contributed by atoms with E-state index in [0.717, 1.165) is 5.57 Å². The van der Waals surface area contributed by atoms with E-state index in [1.54, 1.807) is 11.3 Å². The van der Waals surface area contributed by atoms with E-state index < -0.39 is 0 Å². The Morgan fingerprint density at radius 2 is 2.36 bits per heavy atom. The molecule has 60 valence electrons. The first-order chi connectivity index (χ1) is 5.24. The summed E-state index contributed by atoms with van der Waals surface area (Å²) in [6, 6.07) is 4.13. The Balaban J connectivity index is 2.69. The maximum Gasteiger partial charge on any atom is 0.0471 e. The molecule has 0 fully saturated rings. The fraction of sp³-hybridized carbons (Fsp3) is 0.333. The summed E-state index contributed by atoms with van der Waals surface area (Å²) in [5.74, 6) is 0. The molecular formula is C9H12OS. The zero-order valence-electron chi connectivity index (χ0n) is 6.63. The smallest absolute Gasteiger partial charge is 0.0471 e. The molecule has 0 aliphatic rings. The SMILES string of the molecule is C=C(CCO)c1ccc(C)s1. The number of thiophene rings is 1. The van der Waals surface area contributed by atoms with E-state index in [2.05, 4.69) is 25.6 Å². The van der Waals surface area contributed by atoms with E-state index in [1.807, 2.05) is 0 Å². The second-order valence-electron chi connectivity index (χ2n) is 2.49. The van der Waals surface area contributed by atoms with Gasteiger partial charge in [0.15, 0.2) is 0 Å². The van der Waals surface area contributed by atoms with Crippen LogP contribution in [0, 0.1) is 6.92 Å². The minimum absolute atomic E-state index is 0.190. The Hall–Kier alpha value is -0.600. The van der Waals surface area contributed by atoms with Gasteiger partial charge in [0.2, 0.25) is 0 Å². The quantitative estimate of drug-likeness (QED) is 0.735. The molecule has 0 spiro atoms. The van der Waals surface area contributed by atoms with Crippen LogP contribution in [0.1, 0.15) is 16.2 Å². The third-order valence-corrected chi connectivity index (χ3v) is 2.61. The van der Waals surface area contributed by atoms with Crippen LogP contribution in [0.15, 0.2) is 18.7 Å². The Kier molecular flexibility index (Phi) is 2.85. The van der Waals surface area contributed by atoms with E-state index >= 15 is 0 Å². The van der Waals surface area contributed by atoms with E-state index in [0.29, 0.717) is 6.42 Å². The first-order valence-electron chi connectivity index (χ1n) is 3.59. The van der Waals surface area contributed by atoms with Crippen LogP contribution in [-0.4, -0.2) is 11.7 Å². The molecule has 1 aromatic heterocycles. The average Bonchev–Trinajstić information content (AvgIpc) is 2.36. The van der Waals surface area contributed by atoms with E-state index in [4.69, 9.17) is 5.11 Å². The highest BCUT2D eigenvalue weighted by Crippen LogP contribution is 2.23. The second kappa shape index (κ2) is 3.69. The number of aliphatic hydroxyl groups is 1. The normalized spacial score (nSPS) is 10.0. The van der Waals surface area contributed by atoms with Gasteiger partial charge in [0, 0.05) is 16.4 Å². The van der Waals surface area contributed by atoms with Crippen molar-refractivity contribution in [1.82, 2.24) is 0 Å². The third kappa shape index (κ3) is 2.17. The summed E-state index contributed by atoms with van der Waals surface area (Å²) in [4.78, 5) is 2.48. The lowest BCUT2D eigenvalue weighted by Crippen LogP contribution is -1.83. The van der Waals surface area contributed by atoms with E-state index in [9.17, 15) is 0 Å². The molecule has 0 saturated heterocycles. The van der Waals surface area contributed by atoms with Gasteiger partial charge in [0.05, 0.1) is 0 Å². The maximum absolute atomic E-state index is 8.65. The lowest BCUT2D eigenvalue weighted by Gasteiger charge is -1.97. The van der Waals surface area contributed by atoms with Crippen molar-refractivity contribution in [3.05, 3.63) is 28.5 Å². The molecule has 11 heavy (non-hydrogen) atoms. The molecule has 2 heteroatoms. The zero-order valence-corrected chi connectivity index (χ0v) is 7.45. The van der Waals surface area contributed by atoms with Gasteiger partial charge in [-0.05, 0) is 31.1 Å². The van der Waals surface area contributed by atoms with Gasteiger partial charge in [-0.1, -0.05) is 6.58 Å². The Morgan fingerprint density at radius 1 is 1.64 bits per heavy atom. The van der Waals surface area contributed by atoms with E-state index in [-0.39, 0.29) is 6.61 Å². The van der Waals surface area contributed by atoms with Crippen molar-refractivity contribution in [2.24, 2.45) is 0 Å². The highest BCUT2D eigenvalue weighted by Gasteiger charge is 1.99. The first kappa shape index (κ1) is 8.50. The van der Waals surface area contributed by atoms with Gasteiger partial charge in [-0.2, -0.15) is 0 Å². The predicted molar refractivity (Wildman–Crippen MR) is 49.8 cm³/mol. The molecular weight excluding hydrogens is 156 g/mol. The highest BCUT2D eigenvalue weighted by atomic mass is 32.1. The molecule has 0 saturated carbocycles. The summed E-state index contributed by atoms with van der Waals surface area (Å²) in [5, 5.41) is 8.65. The van der Waals surface area contributed by atoms with Crippen LogP contribution >= 0.6 is 11.3 Å². The number of aliphatic hydroxyl groups excluding tert-OH is 1. The van der Waals surface area contributed by atoms with Crippen LogP contribution in [-0.2, 0) is 0 Å². The molecule has 1 heterocycles. The minimum Gasteiger partial charge on any atom is -0.396 e. The predicted octanol–water partition coefficient (Wildman–Crippen LogP) is 2.45. The van der Waals surface area contributed by atoms with Crippen LogP contribution in [0.2, 0.25) is 0 Å². The topological polar surface area (TPSA) is 20.2 Å². The number of hydrogen-bond donors (Lipinski definition) is 1. The lowest BCUT2D eigenvalue weighted by atomic mass is 10.2. The molecule has 0 aliphatic carbocycles. The Labute approximate surface area is 71.0 Å². The molecule has 0 bridgehead atoms. The third-order valence-electron chi connectivity index (χ3n) is 1.50. The summed E-state index contributed by atoms with van der Waals surface area (Å²) in [5.41, 5.74) is 1.03. The molecule has 0 radical (unpaired) electrons. The fourth-order valence-corrected chi connectivity index (χ4v) is 1.75. The molecule has 0 unspecified atom stereocenters. The standard InChI is InChI=1S/C9H12OS/c1-7(5-6-10)9-4-3-8(2)11-9/h3-4,10H,1,5-6H2,2H3. The van der Waals surface area contributed by atoms with Crippen LogP contribution in [0.25, 0.3) is 5.57 Å². The van der Waals surface area contributed by atoms with Gasteiger partial charge in [-0.15, -0.1) is 11.3 Å². The monoisotopic (exact) mass is 168 g/mol. The van der Waals surface area contributed by atoms with Crippen molar-refractivity contribution in [1.29, 1.82) is 0 Å². The van der Waals surface area contributed by atoms with Crippen molar-refractivity contribution < 1.29 is 5.11 Å². The maximum atomic E-state index is 8.65. The van der Waals surface area contributed by atoms with Gasteiger partial charge in [-0.3, -0.25) is 0 Å². The molecule has 1 N–H and O–H groups in total.